The molecule has 1 aromatic rings. The maximum Gasteiger partial charge on any atom is 0.0471 e. The summed E-state index contributed by atoms with van der Waals surface area (Å²) in [6, 6.07) is 6.21. The van der Waals surface area contributed by atoms with Crippen LogP contribution in [0.1, 0.15) is 25.3 Å². The molecule has 1 unspecified atom stereocenters. The molecule has 1 saturated heterocycles. The van der Waals surface area contributed by atoms with Gasteiger partial charge in [-0.05, 0) is 36.5 Å². The predicted molar refractivity (Wildman–Crippen MR) is 70.0 cm³/mol. The molecular weight excluding hydrogens is 220 g/mol. The summed E-state index contributed by atoms with van der Waals surface area (Å²) >= 11 is 6.18. The van der Waals surface area contributed by atoms with E-state index in [0.29, 0.717) is 6.54 Å². The highest BCUT2D eigenvalue weighted by Crippen LogP contribution is 2.27. The first-order valence-corrected chi connectivity index (χ1v) is 6.32. The minimum atomic E-state index is 0.509. The first-order chi connectivity index (χ1) is 7.70. The molecule has 3 heteroatoms. The summed E-state index contributed by atoms with van der Waals surface area (Å²) in [6.45, 7) is 5.10. The fourth-order valence-corrected chi connectivity index (χ4v) is 2.57. The Bertz CT molecular complexity index is 365. The van der Waals surface area contributed by atoms with Crippen LogP contribution < -0.4 is 10.6 Å². The highest BCUT2D eigenvalue weighted by molar-refractivity contribution is 6.31. The fraction of sp³-hybridized carbons (Fsp3) is 0.538. The lowest BCUT2D eigenvalue weighted by Crippen LogP contribution is -2.34. The van der Waals surface area contributed by atoms with Gasteiger partial charge in [0.05, 0.1) is 0 Å². The van der Waals surface area contributed by atoms with Crippen molar-refractivity contribution in [2.45, 2.75) is 26.3 Å². The molecule has 2 N–H and O–H groups in total. The molecule has 0 amide bonds. The van der Waals surface area contributed by atoms with Crippen molar-refractivity contribution in [3.63, 3.8) is 0 Å². The van der Waals surface area contributed by atoms with Crippen LogP contribution in [0.4, 0.5) is 5.69 Å². The zero-order valence-electron chi connectivity index (χ0n) is 9.75. The van der Waals surface area contributed by atoms with E-state index in [-0.39, 0.29) is 0 Å². The highest BCUT2D eigenvalue weighted by atomic mass is 35.5. The van der Waals surface area contributed by atoms with Crippen LogP contribution in [0.3, 0.4) is 0 Å². The Hall–Kier alpha value is -0.730. The van der Waals surface area contributed by atoms with E-state index in [1.165, 1.54) is 18.5 Å². The first kappa shape index (κ1) is 11.7. The number of anilines is 1. The topological polar surface area (TPSA) is 29.3 Å². The van der Waals surface area contributed by atoms with Crippen molar-refractivity contribution in [2.24, 2.45) is 11.7 Å². The lowest BCUT2D eigenvalue weighted by molar-refractivity contribution is 0.447. The normalized spacial score (nSPS) is 21.2. The second kappa shape index (κ2) is 5.07. The van der Waals surface area contributed by atoms with Crippen LogP contribution >= 0.6 is 11.6 Å². The van der Waals surface area contributed by atoms with Crippen molar-refractivity contribution < 1.29 is 0 Å². The molecule has 0 aromatic heterocycles. The molecule has 0 saturated carbocycles. The molecule has 2 nitrogen and oxygen atoms in total. The Morgan fingerprint density at radius 2 is 2.31 bits per heavy atom. The number of piperidine rings is 1. The zero-order chi connectivity index (χ0) is 11.5. The molecule has 1 heterocycles. The number of nitrogens with zero attached hydrogens (tertiary/aromatic N) is 1. The molecule has 0 radical (unpaired) electrons. The summed E-state index contributed by atoms with van der Waals surface area (Å²) < 4.78 is 0. The second-order valence-corrected chi connectivity index (χ2v) is 5.08. The van der Waals surface area contributed by atoms with Crippen LogP contribution in [-0.2, 0) is 6.54 Å². The van der Waals surface area contributed by atoms with Crippen LogP contribution in [0.25, 0.3) is 0 Å². The van der Waals surface area contributed by atoms with Crippen molar-refractivity contribution >= 4 is 17.3 Å². The minimum Gasteiger partial charge on any atom is -0.371 e. The molecule has 16 heavy (non-hydrogen) atoms. The van der Waals surface area contributed by atoms with Crippen molar-refractivity contribution in [1.82, 2.24) is 0 Å². The number of hydrogen-bond acceptors (Lipinski definition) is 2. The Kier molecular flexibility index (Phi) is 3.72. The average Bonchev–Trinajstić information content (AvgIpc) is 2.29. The third-order valence-corrected chi connectivity index (χ3v) is 3.63. The second-order valence-electron chi connectivity index (χ2n) is 4.67. The van der Waals surface area contributed by atoms with E-state index in [4.69, 9.17) is 17.3 Å². The van der Waals surface area contributed by atoms with Gasteiger partial charge in [0, 0.05) is 30.3 Å². The van der Waals surface area contributed by atoms with E-state index in [1.54, 1.807) is 0 Å². The van der Waals surface area contributed by atoms with Crippen molar-refractivity contribution in [3.8, 4) is 0 Å². The molecular formula is C13H19ClN2. The van der Waals surface area contributed by atoms with E-state index in [1.807, 2.05) is 12.1 Å². The molecule has 1 aromatic carbocycles. The summed E-state index contributed by atoms with van der Waals surface area (Å²) in [7, 11) is 0. The Morgan fingerprint density at radius 3 is 2.94 bits per heavy atom. The van der Waals surface area contributed by atoms with Gasteiger partial charge in [-0.3, -0.25) is 0 Å². The Balaban J connectivity index is 2.17. The number of rotatable bonds is 2. The summed E-state index contributed by atoms with van der Waals surface area (Å²) in [6.07, 6.45) is 2.61. The summed E-state index contributed by atoms with van der Waals surface area (Å²) in [4.78, 5) is 2.42. The van der Waals surface area contributed by atoms with Gasteiger partial charge in [-0.2, -0.15) is 0 Å². The number of benzene rings is 1. The largest absolute Gasteiger partial charge is 0.371 e. The number of hydrogen-bond donors (Lipinski definition) is 1. The van der Waals surface area contributed by atoms with Gasteiger partial charge in [-0.25, -0.2) is 0 Å². The standard InChI is InChI=1S/C13H19ClN2/c1-10-3-2-6-16(9-10)12-5-4-11(8-15)13(14)7-12/h4-5,7,10H,2-3,6,8-9,15H2,1H3. The Labute approximate surface area is 102 Å². The maximum absolute atomic E-state index is 6.18. The van der Waals surface area contributed by atoms with Crippen molar-refractivity contribution in [2.75, 3.05) is 18.0 Å². The fourth-order valence-electron chi connectivity index (χ4n) is 2.32. The van der Waals surface area contributed by atoms with Gasteiger partial charge in [0.2, 0.25) is 0 Å². The third-order valence-electron chi connectivity index (χ3n) is 3.28. The van der Waals surface area contributed by atoms with Gasteiger partial charge in [-0.15, -0.1) is 0 Å². The molecule has 1 aliphatic rings. The van der Waals surface area contributed by atoms with Crippen molar-refractivity contribution in [3.05, 3.63) is 28.8 Å². The lowest BCUT2D eigenvalue weighted by Gasteiger charge is -2.33. The van der Waals surface area contributed by atoms with Crippen LogP contribution in [0.5, 0.6) is 0 Å². The lowest BCUT2D eigenvalue weighted by atomic mass is 9.99. The maximum atomic E-state index is 6.18. The number of halogens is 1. The molecule has 1 fully saturated rings. The summed E-state index contributed by atoms with van der Waals surface area (Å²) in [5.74, 6) is 0.779. The van der Waals surface area contributed by atoms with Gasteiger partial charge in [0.15, 0.2) is 0 Å². The van der Waals surface area contributed by atoms with E-state index >= 15 is 0 Å². The summed E-state index contributed by atoms with van der Waals surface area (Å²) in [5.41, 5.74) is 7.86. The van der Waals surface area contributed by atoms with Crippen LogP contribution in [-0.4, -0.2) is 13.1 Å². The monoisotopic (exact) mass is 238 g/mol. The smallest absolute Gasteiger partial charge is 0.0471 e. The molecule has 1 atom stereocenters. The minimum absolute atomic E-state index is 0.509. The van der Waals surface area contributed by atoms with Crippen LogP contribution in [0, 0.1) is 5.92 Å². The van der Waals surface area contributed by atoms with Gasteiger partial charge in [0.25, 0.3) is 0 Å². The van der Waals surface area contributed by atoms with E-state index in [0.717, 1.165) is 29.6 Å². The van der Waals surface area contributed by atoms with Gasteiger partial charge < -0.3 is 10.6 Å². The van der Waals surface area contributed by atoms with Crippen LogP contribution in [0.2, 0.25) is 5.02 Å². The molecule has 0 spiro atoms. The SMILES string of the molecule is CC1CCCN(c2ccc(CN)c(Cl)c2)C1. The molecule has 0 bridgehead atoms. The molecule has 0 aliphatic carbocycles. The van der Waals surface area contributed by atoms with E-state index < -0.39 is 0 Å². The molecule has 88 valence electrons. The van der Waals surface area contributed by atoms with Crippen LogP contribution in [0.15, 0.2) is 18.2 Å². The Morgan fingerprint density at radius 1 is 1.50 bits per heavy atom. The molecule has 1 aliphatic heterocycles. The zero-order valence-corrected chi connectivity index (χ0v) is 10.5. The third kappa shape index (κ3) is 2.50. The quantitative estimate of drug-likeness (QED) is 0.858. The molecule has 2 rings (SSSR count). The van der Waals surface area contributed by atoms with E-state index in [2.05, 4.69) is 17.9 Å². The highest BCUT2D eigenvalue weighted by Gasteiger charge is 2.16. The predicted octanol–water partition coefficient (Wildman–Crippen LogP) is 3.04. The van der Waals surface area contributed by atoms with Gasteiger partial charge in [-0.1, -0.05) is 24.6 Å². The summed E-state index contributed by atoms with van der Waals surface area (Å²) in [5, 5.41) is 0.790. The number of nitrogens with two attached hydrogens (primary N) is 1. The van der Waals surface area contributed by atoms with Gasteiger partial charge in [0.1, 0.15) is 0 Å². The van der Waals surface area contributed by atoms with Gasteiger partial charge >= 0.3 is 0 Å². The first-order valence-electron chi connectivity index (χ1n) is 5.94. The average molecular weight is 239 g/mol. The van der Waals surface area contributed by atoms with E-state index in [9.17, 15) is 0 Å². The van der Waals surface area contributed by atoms with Crippen molar-refractivity contribution in [1.29, 1.82) is 0 Å².